The van der Waals surface area contributed by atoms with Crippen LogP contribution in [0, 0.1) is 5.41 Å². The molecule has 11 heteroatoms. The van der Waals surface area contributed by atoms with Crippen molar-refractivity contribution in [3.8, 4) is 5.75 Å². The molecule has 3 rings (SSSR count). The molecular formula is C18H24F3N3O4S. The Kier molecular flexibility index (Phi) is 6.11. The fourth-order valence-corrected chi connectivity index (χ4v) is 5.14. The Hall–Kier alpha value is -1.85. The first kappa shape index (κ1) is 21.8. The van der Waals surface area contributed by atoms with Crippen LogP contribution >= 0.6 is 0 Å². The number of ether oxygens (including phenoxy) is 1. The zero-order valence-electron chi connectivity index (χ0n) is 16.0. The van der Waals surface area contributed by atoms with Gasteiger partial charge in [-0.15, -0.1) is 13.2 Å². The Morgan fingerprint density at radius 2 is 1.69 bits per heavy atom. The summed E-state index contributed by atoms with van der Waals surface area (Å²) in [7, 11) is -3.54. The summed E-state index contributed by atoms with van der Waals surface area (Å²) < 4.78 is 69.2. The molecule has 2 fully saturated rings. The van der Waals surface area contributed by atoms with E-state index < -0.39 is 22.0 Å². The third-order valence-corrected chi connectivity index (χ3v) is 7.06. The van der Waals surface area contributed by atoms with E-state index >= 15 is 0 Å². The van der Waals surface area contributed by atoms with Gasteiger partial charge in [-0.25, -0.2) is 4.72 Å². The minimum absolute atomic E-state index is 0.111. The second kappa shape index (κ2) is 8.11. The number of piperidine rings is 1. The summed E-state index contributed by atoms with van der Waals surface area (Å²) in [6, 6.07) is 5.20. The van der Waals surface area contributed by atoms with Gasteiger partial charge in [0.1, 0.15) is 5.75 Å². The molecule has 2 heterocycles. The molecule has 29 heavy (non-hydrogen) atoms. The van der Waals surface area contributed by atoms with Crippen molar-refractivity contribution in [1.29, 1.82) is 0 Å². The fraction of sp³-hybridized carbons (Fsp3) is 0.611. The molecule has 7 nitrogen and oxygen atoms in total. The second-order valence-corrected chi connectivity index (χ2v) is 9.08. The molecule has 0 saturated carbocycles. The number of hydrogen-bond acceptors (Lipinski definition) is 4. The van der Waals surface area contributed by atoms with E-state index in [0.29, 0.717) is 44.5 Å². The molecule has 0 aromatic heterocycles. The molecule has 0 bridgehead atoms. The van der Waals surface area contributed by atoms with E-state index in [1.54, 1.807) is 4.90 Å². The highest BCUT2D eigenvalue weighted by Crippen LogP contribution is 2.43. The maximum absolute atomic E-state index is 13.1. The number of halogens is 3. The predicted octanol–water partition coefficient (Wildman–Crippen LogP) is 2.65. The summed E-state index contributed by atoms with van der Waals surface area (Å²) in [6.07, 6.45) is -2.65. The molecule has 1 aromatic carbocycles. The SMILES string of the molecule is CCCNS(=O)(=O)N1CCC2(CCN(c3ccc(OC(F)(F)F)cc3)C2=O)CC1. The first-order valence-electron chi connectivity index (χ1n) is 9.49. The van der Waals surface area contributed by atoms with E-state index in [0.717, 1.165) is 0 Å². The zero-order valence-corrected chi connectivity index (χ0v) is 16.9. The molecule has 1 spiro atoms. The van der Waals surface area contributed by atoms with Crippen LogP contribution in [0.25, 0.3) is 0 Å². The molecule has 0 aliphatic carbocycles. The lowest BCUT2D eigenvalue weighted by molar-refractivity contribution is -0.274. The van der Waals surface area contributed by atoms with Crippen LogP contribution in [0.5, 0.6) is 5.75 Å². The first-order chi connectivity index (χ1) is 13.6. The van der Waals surface area contributed by atoms with Gasteiger partial charge in [-0.05, 0) is 49.9 Å². The van der Waals surface area contributed by atoms with Crippen molar-refractivity contribution in [1.82, 2.24) is 9.03 Å². The van der Waals surface area contributed by atoms with Crippen LogP contribution in [0.4, 0.5) is 18.9 Å². The second-order valence-electron chi connectivity index (χ2n) is 7.33. The van der Waals surface area contributed by atoms with E-state index in [2.05, 4.69) is 9.46 Å². The van der Waals surface area contributed by atoms with E-state index in [9.17, 15) is 26.4 Å². The molecule has 162 valence electrons. The molecule has 1 aromatic rings. The smallest absolute Gasteiger partial charge is 0.406 e. The molecule has 2 aliphatic heterocycles. The van der Waals surface area contributed by atoms with Gasteiger partial charge in [-0.2, -0.15) is 12.7 Å². The maximum atomic E-state index is 13.1. The van der Waals surface area contributed by atoms with Crippen molar-refractivity contribution >= 4 is 21.8 Å². The lowest BCUT2D eigenvalue weighted by Gasteiger charge is -2.37. The van der Waals surface area contributed by atoms with Crippen LogP contribution in [0.2, 0.25) is 0 Å². The van der Waals surface area contributed by atoms with Crippen LogP contribution in [-0.4, -0.2) is 51.2 Å². The Morgan fingerprint density at radius 1 is 1.10 bits per heavy atom. The molecule has 0 unspecified atom stereocenters. The van der Waals surface area contributed by atoms with E-state index in [4.69, 9.17) is 0 Å². The number of carbonyl (C=O) groups is 1. The third kappa shape index (κ3) is 4.84. The third-order valence-electron chi connectivity index (χ3n) is 5.45. The number of alkyl halides is 3. The van der Waals surface area contributed by atoms with E-state index in [1.807, 2.05) is 6.92 Å². The summed E-state index contributed by atoms with van der Waals surface area (Å²) in [4.78, 5) is 14.6. The molecule has 1 amide bonds. The minimum atomic E-state index is -4.77. The Balaban J connectivity index is 1.64. The van der Waals surface area contributed by atoms with Gasteiger partial charge in [0.15, 0.2) is 0 Å². The zero-order chi connectivity index (χ0) is 21.3. The van der Waals surface area contributed by atoms with Crippen LogP contribution in [0.3, 0.4) is 0 Å². The summed E-state index contributed by atoms with van der Waals surface area (Å²) in [5.41, 5.74) is -0.126. The van der Waals surface area contributed by atoms with Gasteiger partial charge in [0.2, 0.25) is 5.91 Å². The number of nitrogens with zero attached hydrogens (tertiary/aromatic N) is 2. The number of anilines is 1. The molecule has 0 radical (unpaired) electrons. The number of rotatable bonds is 6. The summed E-state index contributed by atoms with van der Waals surface area (Å²) in [5, 5.41) is 0. The van der Waals surface area contributed by atoms with E-state index in [1.165, 1.54) is 28.6 Å². The lowest BCUT2D eigenvalue weighted by atomic mass is 9.77. The van der Waals surface area contributed by atoms with Crippen molar-refractivity contribution in [2.75, 3.05) is 31.1 Å². The Bertz CT molecular complexity index is 835. The molecule has 2 saturated heterocycles. The fourth-order valence-electron chi connectivity index (χ4n) is 3.84. The quantitative estimate of drug-likeness (QED) is 0.745. The number of hydrogen-bond donors (Lipinski definition) is 1. The standard InChI is InChI=1S/C18H24F3N3O4S/c1-2-10-22-29(26,27)23-11-7-17(8-12-23)9-13-24(16(17)25)14-3-5-15(6-4-14)28-18(19,20)21/h3-6,22H,2,7-13H2,1H3. The van der Waals surface area contributed by atoms with Crippen molar-refractivity contribution < 1.29 is 31.1 Å². The number of carbonyl (C=O) groups excluding carboxylic acids is 1. The normalized spacial score (nSPS) is 20.4. The maximum Gasteiger partial charge on any atom is 0.573 e. The molecule has 0 atom stereocenters. The van der Waals surface area contributed by atoms with Crippen molar-refractivity contribution in [3.63, 3.8) is 0 Å². The molecule has 1 N–H and O–H groups in total. The summed E-state index contributed by atoms with van der Waals surface area (Å²) in [5.74, 6) is -0.457. The van der Waals surface area contributed by atoms with Crippen molar-refractivity contribution in [2.45, 2.75) is 39.0 Å². The van der Waals surface area contributed by atoms with Crippen LogP contribution in [-0.2, 0) is 15.0 Å². The Labute approximate surface area is 168 Å². The van der Waals surface area contributed by atoms with Gasteiger partial charge in [-0.3, -0.25) is 4.79 Å². The Morgan fingerprint density at radius 3 is 2.24 bits per heavy atom. The monoisotopic (exact) mass is 435 g/mol. The van der Waals surface area contributed by atoms with Crippen molar-refractivity contribution in [3.05, 3.63) is 24.3 Å². The highest BCUT2D eigenvalue weighted by atomic mass is 32.2. The topological polar surface area (TPSA) is 79.0 Å². The average Bonchev–Trinajstić information content (AvgIpc) is 2.96. The van der Waals surface area contributed by atoms with Crippen LogP contribution in [0.1, 0.15) is 32.6 Å². The average molecular weight is 435 g/mol. The lowest BCUT2D eigenvalue weighted by Crippen LogP contribution is -2.50. The van der Waals surface area contributed by atoms with Gasteiger partial charge in [0, 0.05) is 31.9 Å². The number of benzene rings is 1. The van der Waals surface area contributed by atoms with Crippen LogP contribution in [0.15, 0.2) is 24.3 Å². The summed E-state index contributed by atoms with van der Waals surface area (Å²) >= 11 is 0. The molecule has 2 aliphatic rings. The van der Waals surface area contributed by atoms with Gasteiger partial charge in [0.05, 0.1) is 5.41 Å². The number of amides is 1. The van der Waals surface area contributed by atoms with Gasteiger partial charge in [0.25, 0.3) is 10.2 Å². The van der Waals surface area contributed by atoms with Crippen LogP contribution < -0.4 is 14.4 Å². The predicted molar refractivity (Wildman–Crippen MR) is 101 cm³/mol. The molecular weight excluding hydrogens is 411 g/mol. The highest BCUT2D eigenvalue weighted by molar-refractivity contribution is 7.87. The van der Waals surface area contributed by atoms with E-state index in [-0.39, 0.29) is 24.7 Å². The van der Waals surface area contributed by atoms with Crippen molar-refractivity contribution in [2.24, 2.45) is 5.41 Å². The number of nitrogens with one attached hydrogen (secondary N) is 1. The highest BCUT2D eigenvalue weighted by Gasteiger charge is 2.49. The first-order valence-corrected chi connectivity index (χ1v) is 10.9. The summed E-state index contributed by atoms with van der Waals surface area (Å²) in [6.45, 7) is 3.21. The largest absolute Gasteiger partial charge is 0.573 e. The van der Waals surface area contributed by atoms with Gasteiger partial charge >= 0.3 is 6.36 Å². The van der Waals surface area contributed by atoms with Gasteiger partial charge < -0.3 is 9.64 Å². The van der Waals surface area contributed by atoms with Gasteiger partial charge in [-0.1, -0.05) is 6.92 Å². The minimum Gasteiger partial charge on any atom is -0.406 e.